The van der Waals surface area contributed by atoms with Crippen LogP contribution in [0.5, 0.6) is 5.75 Å². The van der Waals surface area contributed by atoms with E-state index >= 15 is 0 Å². The molecule has 0 aliphatic carbocycles. The molecule has 0 aromatic heterocycles. The molecular formula is C23H26FN3O3. The smallest absolute Gasteiger partial charge is 0.267 e. The zero-order valence-electron chi connectivity index (χ0n) is 16.9. The van der Waals surface area contributed by atoms with Gasteiger partial charge in [-0.15, -0.1) is 0 Å². The summed E-state index contributed by atoms with van der Waals surface area (Å²) in [6, 6.07) is 13.6. The minimum absolute atomic E-state index is 0.103. The Labute approximate surface area is 175 Å². The lowest BCUT2D eigenvalue weighted by molar-refractivity contribution is -0.130. The lowest BCUT2D eigenvalue weighted by Crippen LogP contribution is -2.46. The van der Waals surface area contributed by atoms with E-state index < -0.39 is 0 Å². The van der Waals surface area contributed by atoms with Crippen LogP contribution in [0.1, 0.15) is 23.2 Å². The van der Waals surface area contributed by atoms with Gasteiger partial charge in [-0.3, -0.25) is 19.4 Å². The van der Waals surface area contributed by atoms with Crippen LogP contribution in [-0.4, -0.2) is 67.5 Å². The van der Waals surface area contributed by atoms with Crippen LogP contribution in [0.25, 0.3) is 0 Å². The van der Waals surface area contributed by atoms with Crippen LogP contribution in [0.2, 0.25) is 0 Å². The van der Waals surface area contributed by atoms with E-state index in [9.17, 15) is 14.0 Å². The Morgan fingerprint density at radius 1 is 0.867 bits per heavy atom. The number of rotatable bonds is 6. The van der Waals surface area contributed by atoms with Gasteiger partial charge >= 0.3 is 0 Å². The monoisotopic (exact) mass is 411 g/mol. The molecule has 4 rings (SSSR count). The summed E-state index contributed by atoms with van der Waals surface area (Å²) >= 11 is 0. The second kappa shape index (κ2) is 9.26. The highest BCUT2D eigenvalue weighted by Crippen LogP contribution is 2.23. The van der Waals surface area contributed by atoms with Crippen molar-refractivity contribution in [2.45, 2.75) is 12.8 Å². The number of para-hydroxylation sites is 1. The fourth-order valence-corrected chi connectivity index (χ4v) is 3.96. The van der Waals surface area contributed by atoms with Gasteiger partial charge in [0.15, 0.2) is 6.61 Å². The SMILES string of the molecule is O=C1COc2ccccc2C(=O)N1CCCCN1CCN(c2ccc(F)cc2)CC1. The third-order valence-electron chi connectivity index (χ3n) is 5.68. The number of piperazine rings is 1. The molecule has 1 saturated heterocycles. The number of anilines is 1. The summed E-state index contributed by atoms with van der Waals surface area (Å²) < 4.78 is 18.6. The van der Waals surface area contributed by atoms with Gasteiger partial charge in [-0.25, -0.2) is 4.39 Å². The maximum Gasteiger partial charge on any atom is 0.267 e. The van der Waals surface area contributed by atoms with Crippen LogP contribution < -0.4 is 9.64 Å². The summed E-state index contributed by atoms with van der Waals surface area (Å²) in [5.41, 5.74) is 1.50. The van der Waals surface area contributed by atoms with E-state index in [1.165, 1.54) is 17.0 Å². The summed E-state index contributed by atoms with van der Waals surface area (Å²) in [5.74, 6) is -0.309. The standard InChI is InChI=1S/C23H26FN3O3/c24-18-7-9-19(10-8-18)26-15-13-25(14-16-26)11-3-4-12-27-22(28)17-30-21-6-2-1-5-20(21)23(27)29/h1-2,5-10H,3-4,11-17H2. The largest absolute Gasteiger partial charge is 0.483 e. The van der Waals surface area contributed by atoms with Crippen molar-refractivity contribution in [2.24, 2.45) is 0 Å². The van der Waals surface area contributed by atoms with Crippen molar-refractivity contribution < 1.29 is 18.7 Å². The predicted octanol–water partition coefficient (Wildman–Crippen LogP) is 2.79. The highest BCUT2D eigenvalue weighted by atomic mass is 19.1. The van der Waals surface area contributed by atoms with Crippen LogP contribution in [0.15, 0.2) is 48.5 Å². The number of unbranched alkanes of at least 4 members (excludes halogenated alkanes) is 1. The number of ether oxygens (including phenoxy) is 1. The number of carbonyl (C=O) groups is 2. The minimum atomic E-state index is -0.288. The summed E-state index contributed by atoms with van der Waals surface area (Å²) in [6.45, 7) is 4.94. The van der Waals surface area contributed by atoms with E-state index in [4.69, 9.17) is 4.74 Å². The maximum absolute atomic E-state index is 13.1. The third-order valence-corrected chi connectivity index (χ3v) is 5.68. The number of benzene rings is 2. The van der Waals surface area contributed by atoms with Crippen molar-refractivity contribution in [3.8, 4) is 5.75 Å². The number of imide groups is 1. The highest BCUT2D eigenvalue weighted by Gasteiger charge is 2.28. The first-order valence-corrected chi connectivity index (χ1v) is 10.4. The van der Waals surface area contributed by atoms with Gasteiger partial charge in [0.05, 0.1) is 5.56 Å². The molecule has 158 valence electrons. The minimum Gasteiger partial charge on any atom is -0.483 e. The number of carbonyl (C=O) groups excluding carboxylic acids is 2. The Hall–Kier alpha value is -2.93. The second-order valence-corrected chi connectivity index (χ2v) is 7.65. The van der Waals surface area contributed by atoms with Crippen molar-refractivity contribution in [1.29, 1.82) is 0 Å². The molecule has 0 saturated carbocycles. The fourth-order valence-electron chi connectivity index (χ4n) is 3.96. The number of fused-ring (bicyclic) bond motifs is 1. The van der Waals surface area contributed by atoms with Crippen LogP contribution in [0.4, 0.5) is 10.1 Å². The maximum atomic E-state index is 13.1. The molecule has 30 heavy (non-hydrogen) atoms. The van der Waals surface area contributed by atoms with Gasteiger partial charge in [0.1, 0.15) is 11.6 Å². The van der Waals surface area contributed by atoms with E-state index in [2.05, 4.69) is 9.80 Å². The van der Waals surface area contributed by atoms with E-state index in [0.29, 0.717) is 17.9 Å². The van der Waals surface area contributed by atoms with E-state index in [-0.39, 0.29) is 24.2 Å². The Morgan fingerprint density at radius 3 is 2.33 bits per heavy atom. The molecule has 2 aliphatic heterocycles. The third kappa shape index (κ3) is 4.62. The van der Waals surface area contributed by atoms with Gasteiger partial charge < -0.3 is 9.64 Å². The van der Waals surface area contributed by atoms with Crippen molar-refractivity contribution in [3.63, 3.8) is 0 Å². The number of nitrogens with zero attached hydrogens (tertiary/aromatic N) is 3. The lowest BCUT2D eigenvalue weighted by Gasteiger charge is -2.36. The molecule has 1 fully saturated rings. The molecule has 6 nitrogen and oxygen atoms in total. The van der Waals surface area contributed by atoms with E-state index in [1.807, 2.05) is 12.1 Å². The summed E-state index contributed by atoms with van der Waals surface area (Å²) in [7, 11) is 0. The molecule has 0 bridgehead atoms. The topological polar surface area (TPSA) is 53.1 Å². The molecular weight excluding hydrogens is 385 g/mol. The summed E-state index contributed by atoms with van der Waals surface area (Å²) in [5, 5.41) is 0. The van der Waals surface area contributed by atoms with Gasteiger partial charge in [0.25, 0.3) is 11.8 Å². The van der Waals surface area contributed by atoms with Gasteiger partial charge in [-0.1, -0.05) is 12.1 Å². The van der Waals surface area contributed by atoms with E-state index in [0.717, 1.165) is 51.3 Å². The van der Waals surface area contributed by atoms with E-state index in [1.54, 1.807) is 24.3 Å². The van der Waals surface area contributed by atoms with Gasteiger partial charge in [0.2, 0.25) is 0 Å². The quantitative estimate of drug-likeness (QED) is 0.541. The van der Waals surface area contributed by atoms with Crippen molar-refractivity contribution in [3.05, 3.63) is 59.9 Å². The Kier molecular flexibility index (Phi) is 6.28. The van der Waals surface area contributed by atoms with Crippen molar-refractivity contribution in [1.82, 2.24) is 9.80 Å². The Bertz CT molecular complexity index is 895. The average Bonchev–Trinajstić information content (AvgIpc) is 2.89. The normalized spacial score (nSPS) is 17.5. The van der Waals surface area contributed by atoms with Crippen LogP contribution in [-0.2, 0) is 4.79 Å². The zero-order chi connectivity index (χ0) is 20.9. The zero-order valence-corrected chi connectivity index (χ0v) is 16.9. The highest BCUT2D eigenvalue weighted by molar-refractivity contribution is 6.07. The molecule has 0 atom stereocenters. The van der Waals surface area contributed by atoms with Crippen LogP contribution in [0.3, 0.4) is 0 Å². The van der Waals surface area contributed by atoms with Gasteiger partial charge in [-0.05, 0) is 55.8 Å². The number of hydrogen-bond acceptors (Lipinski definition) is 5. The van der Waals surface area contributed by atoms with Gasteiger partial charge in [-0.2, -0.15) is 0 Å². The molecule has 0 radical (unpaired) electrons. The first-order chi connectivity index (χ1) is 14.6. The second-order valence-electron chi connectivity index (χ2n) is 7.65. The van der Waals surface area contributed by atoms with Crippen LogP contribution in [0, 0.1) is 5.82 Å². The average molecular weight is 411 g/mol. The lowest BCUT2D eigenvalue weighted by atomic mass is 10.1. The molecule has 0 spiro atoms. The molecule has 2 amide bonds. The van der Waals surface area contributed by atoms with Crippen molar-refractivity contribution >= 4 is 17.5 Å². The number of halogens is 1. The first kappa shape index (κ1) is 20.3. The molecule has 0 N–H and O–H groups in total. The molecule has 7 heteroatoms. The molecule has 2 heterocycles. The fraction of sp³-hybridized carbons (Fsp3) is 0.391. The molecule has 2 aliphatic rings. The predicted molar refractivity (Wildman–Crippen MR) is 112 cm³/mol. The molecule has 2 aromatic carbocycles. The molecule has 0 unspecified atom stereocenters. The summed E-state index contributed by atoms with van der Waals surface area (Å²) in [4.78, 5) is 31.0. The molecule has 2 aromatic rings. The number of amides is 2. The van der Waals surface area contributed by atoms with Crippen LogP contribution >= 0.6 is 0 Å². The number of hydrogen-bond donors (Lipinski definition) is 0. The van der Waals surface area contributed by atoms with Gasteiger partial charge in [0, 0.05) is 38.4 Å². The Balaban J connectivity index is 1.22. The summed E-state index contributed by atoms with van der Waals surface area (Å²) in [6.07, 6.45) is 1.67. The first-order valence-electron chi connectivity index (χ1n) is 10.4. The Morgan fingerprint density at radius 2 is 1.57 bits per heavy atom. The van der Waals surface area contributed by atoms with Crippen molar-refractivity contribution in [2.75, 3.05) is 50.8 Å².